The molecule has 0 radical (unpaired) electrons. The predicted octanol–water partition coefficient (Wildman–Crippen LogP) is -0.164. The topological polar surface area (TPSA) is 113 Å². The van der Waals surface area contributed by atoms with Gasteiger partial charge in [0.15, 0.2) is 0 Å². The van der Waals surface area contributed by atoms with Gasteiger partial charge in [0.2, 0.25) is 0 Å². The fourth-order valence-corrected chi connectivity index (χ4v) is 1.06. The first-order valence-electron chi connectivity index (χ1n) is 3.98. The molecule has 6 heteroatoms. The third-order valence-corrected chi connectivity index (χ3v) is 1.61. The number of carbonyl (C=O) groups is 2. The van der Waals surface area contributed by atoms with Gasteiger partial charge in [-0.25, -0.2) is 4.79 Å². The summed E-state index contributed by atoms with van der Waals surface area (Å²) in [7, 11) is 0. The number of carboxylic acids is 1. The fourth-order valence-electron chi connectivity index (χ4n) is 1.06. The van der Waals surface area contributed by atoms with Crippen molar-refractivity contribution in [3.05, 3.63) is 0 Å². The van der Waals surface area contributed by atoms with Crippen molar-refractivity contribution >= 4 is 12.1 Å². The number of hydrogen-bond donors (Lipinski definition) is 4. The molecule has 1 saturated heterocycles. The highest BCUT2D eigenvalue weighted by molar-refractivity contribution is 5.73. The second kappa shape index (κ2) is 6.24. The quantitative estimate of drug-likeness (QED) is 0.458. The third-order valence-electron chi connectivity index (χ3n) is 1.61. The smallest absolute Gasteiger partial charge is 0.402 e. The first-order chi connectivity index (χ1) is 6.04. The van der Waals surface area contributed by atoms with Gasteiger partial charge in [-0.15, -0.1) is 0 Å². The van der Waals surface area contributed by atoms with E-state index in [1.807, 2.05) is 0 Å². The van der Waals surface area contributed by atoms with Crippen LogP contribution in [0.15, 0.2) is 0 Å². The van der Waals surface area contributed by atoms with E-state index in [1.54, 1.807) is 0 Å². The summed E-state index contributed by atoms with van der Waals surface area (Å²) in [5.74, 6) is -0.713. The normalized spacial score (nSPS) is 21.1. The molecule has 13 heavy (non-hydrogen) atoms. The van der Waals surface area contributed by atoms with E-state index in [1.165, 1.54) is 0 Å². The van der Waals surface area contributed by atoms with Crippen LogP contribution in [-0.4, -0.2) is 34.9 Å². The SMILES string of the molecule is NC(=O)O.O=C(O)C1CCCCN1. The summed E-state index contributed by atoms with van der Waals surface area (Å²) in [6.07, 6.45) is 1.61. The van der Waals surface area contributed by atoms with E-state index in [-0.39, 0.29) is 6.04 Å². The molecule has 1 heterocycles. The fraction of sp³-hybridized carbons (Fsp3) is 0.714. The molecule has 1 aliphatic rings. The molecule has 0 bridgehead atoms. The molecule has 1 fully saturated rings. The van der Waals surface area contributed by atoms with Gasteiger partial charge in [-0.3, -0.25) is 4.79 Å². The van der Waals surface area contributed by atoms with Gasteiger partial charge >= 0.3 is 12.1 Å². The number of amides is 1. The lowest BCUT2D eigenvalue weighted by atomic mass is 10.1. The lowest BCUT2D eigenvalue weighted by molar-refractivity contribution is -0.140. The highest BCUT2D eigenvalue weighted by atomic mass is 16.4. The lowest BCUT2D eigenvalue weighted by Crippen LogP contribution is -2.40. The molecule has 0 aromatic heterocycles. The Labute approximate surface area is 75.7 Å². The minimum Gasteiger partial charge on any atom is -0.480 e. The van der Waals surface area contributed by atoms with Crippen molar-refractivity contribution in [1.29, 1.82) is 0 Å². The Morgan fingerprint density at radius 3 is 2.08 bits per heavy atom. The molecule has 5 N–H and O–H groups in total. The van der Waals surface area contributed by atoms with Gasteiger partial charge in [-0.2, -0.15) is 0 Å². The first kappa shape index (κ1) is 11.7. The maximum atomic E-state index is 10.3. The number of rotatable bonds is 1. The van der Waals surface area contributed by atoms with Gasteiger partial charge in [-0.1, -0.05) is 6.42 Å². The summed E-state index contributed by atoms with van der Waals surface area (Å²) in [4.78, 5) is 19.1. The van der Waals surface area contributed by atoms with Crippen LogP contribution in [0.4, 0.5) is 4.79 Å². The molecule has 1 amide bonds. The zero-order valence-corrected chi connectivity index (χ0v) is 7.19. The van der Waals surface area contributed by atoms with E-state index in [0.29, 0.717) is 0 Å². The summed E-state index contributed by atoms with van der Waals surface area (Å²) in [5.41, 5.74) is 4.03. The van der Waals surface area contributed by atoms with E-state index in [9.17, 15) is 4.79 Å². The Bertz CT molecular complexity index is 173. The Kier molecular flexibility index (Phi) is 5.62. The standard InChI is InChI=1S/C6H11NO2.CH3NO2/c8-6(9)5-3-1-2-4-7-5;2-1(3)4/h5,7H,1-4H2,(H,8,9);2H2,(H,3,4). The Hall–Kier alpha value is -1.30. The van der Waals surface area contributed by atoms with Crippen LogP contribution >= 0.6 is 0 Å². The van der Waals surface area contributed by atoms with E-state index >= 15 is 0 Å². The van der Waals surface area contributed by atoms with Crippen molar-refractivity contribution in [2.24, 2.45) is 5.73 Å². The average molecular weight is 190 g/mol. The van der Waals surface area contributed by atoms with Crippen molar-refractivity contribution in [2.45, 2.75) is 25.3 Å². The van der Waals surface area contributed by atoms with Gasteiger partial charge in [0.1, 0.15) is 6.04 Å². The lowest BCUT2D eigenvalue weighted by Gasteiger charge is -2.18. The minimum atomic E-state index is -1.33. The second-order valence-electron chi connectivity index (χ2n) is 2.68. The van der Waals surface area contributed by atoms with Crippen molar-refractivity contribution in [1.82, 2.24) is 5.32 Å². The number of aliphatic carboxylic acids is 1. The molecule has 0 aromatic carbocycles. The van der Waals surface area contributed by atoms with Crippen molar-refractivity contribution in [3.8, 4) is 0 Å². The number of primary amides is 1. The van der Waals surface area contributed by atoms with Gasteiger partial charge in [0.05, 0.1) is 0 Å². The third kappa shape index (κ3) is 7.07. The van der Waals surface area contributed by atoms with Crippen LogP contribution < -0.4 is 11.1 Å². The van der Waals surface area contributed by atoms with Crippen LogP contribution in [0.1, 0.15) is 19.3 Å². The minimum absolute atomic E-state index is 0.279. The number of carboxylic acid groups (broad SMARTS) is 2. The van der Waals surface area contributed by atoms with E-state index in [0.717, 1.165) is 25.8 Å². The second-order valence-corrected chi connectivity index (χ2v) is 2.68. The molecule has 0 aromatic rings. The summed E-state index contributed by atoms with van der Waals surface area (Å²) >= 11 is 0. The molecule has 0 aliphatic carbocycles. The summed E-state index contributed by atoms with van der Waals surface area (Å²) < 4.78 is 0. The van der Waals surface area contributed by atoms with E-state index in [4.69, 9.17) is 15.0 Å². The van der Waals surface area contributed by atoms with Crippen molar-refractivity contribution in [3.63, 3.8) is 0 Å². The maximum absolute atomic E-state index is 10.3. The Morgan fingerprint density at radius 2 is 1.85 bits per heavy atom. The molecule has 1 aliphatic heterocycles. The number of nitrogens with two attached hydrogens (primary N) is 1. The number of piperidine rings is 1. The summed E-state index contributed by atoms with van der Waals surface area (Å²) in [5, 5.41) is 18.6. The molecular weight excluding hydrogens is 176 g/mol. The van der Waals surface area contributed by atoms with Crippen LogP contribution in [0.3, 0.4) is 0 Å². The zero-order valence-electron chi connectivity index (χ0n) is 7.19. The Balaban J connectivity index is 0.000000310. The van der Waals surface area contributed by atoms with Gasteiger partial charge in [0.25, 0.3) is 0 Å². The molecule has 6 nitrogen and oxygen atoms in total. The largest absolute Gasteiger partial charge is 0.480 e. The zero-order chi connectivity index (χ0) is 10.3. The van der Waals surface area contributed by atoms with Crippen molar-refractivity contribution < 1.29 is 19.8 Å². The molecule has 0 saturated carbocycles. The predicted molar refractivity (Wildman–Crippen MR) is 45.5 cm³/mol. The van der Waals surface area contributed by atoms with Gasteiger partial charge < -0.3 is 21.3 Å². The summed E-state index contributed by atoms with van der Waals surface area (Å²) in [6, 6.07) is -0.279. The van der Waals surface area contributed by atoms with Crippen LogP contribution in [0.2, 0.25) is 0 Å². The Morgan fingerprint density at radius 1 is 1.31 bits per heavy atom. The van der Waals surface area contributed by atoms with Crippen molar-refractivity contribution in [2.75, 3.05) is 6.54 Å². The number of hydrogen-bond acceptors (Lipinski definition) is 3. The van der Waals surface area contributed by atoms with Crippen LogP contribution in [-0.2, 0) is 4.79 Å². The van der Waals surface area contributed by atoms with Crippen LogP contribution in [0, 0.1) is 0 Å². The molecule has 76 valence electrons. The van der Waals surface area contributed by atoms with Crippen LogP contribution in [0.5, 0.6) is 0 Å². The van der Waals surface area contributed by atoms with E-state index in [2.05, 4.69) is 11.1 Å². The highest BCUT2D eigenvalue weighted by Crippen LogP contribution is 2.05. The molecule has 1 unspecified atom stereocenters. The molecular formula is C7H14N2O4. The van der Waals surface area contributed by atoms with Crippen LogP contribution in [0.25, 0.3) is 0 Å². The monoisotopic (exact) mass is 190 g/mol. The van der Waals surface area contributed by atoms with Gasteiger partial charge in [0, 0.05) is 0 Å². The van der Waals surface area contributed by atoms with Gasteiger partial charge in [-0.05, 0) is 19.4 Å². The average Bonchev–Trinajstić information content (AvgIpc) is 2.05. The van der Waals surface area contributed by atoms with E-state index < -0.39 is 12.1 Å². The highest BCUT2D eigenvalue weighted by Gasteiger charge is 2.18. The summed E-state index contributed by atoms with van der Waals surface area (Å²) in [6.45, 7) is 0.858. The first-order valence-corrected chi connectivity index (χ1v) is 3.98. The maximum Gasteiger partial charge on any atom is 0.402 e. The molecule has 1 atom stereocenters. The molecule has 1 rings (SSSR count). The molecule has 0 spiro atoms. The number of nitrogens with one attached hydrogen (secondary N) is 1.